The van der Waals surface area contributed by atoms with E-state index in [4.69, 9.17) is 23.2 Å². The van der Waals surface area contributed by atoms with E-state index >= 15 is 0 Å². The number of aryl methyl sites for hydroxylation is 2. The smallest absolute Gasteiger partial charge is 0.264 e. The number of nitrogens with zero attached hydrogens (tertiary/aromatic N) is 2. The molecule has 0 fully saturated rings. The summed E-state index contributed by atoms with van der Waals surface area (Å²) in [6.07, 6.45) is 2.04. The average Bonchev–Trinajstić information content (AvgIpc) is 2.95. The van der Waals surface area contributed by atoms with Gasteiger partial charge in [0, 0.05) is 13.1 Å². The molecule has 0 radical (unpaired) electrons. The monoisotopic (exact) mass is 631 g/mol. The van der Waals surface area contributed by atoms with E-state index in [2.05, 4.69) is 5.32 Å². The Morgan fingerprint density at radius 2 is 1.62 bits per heavy atom. The maximum Gasteiger partial charge on any atom is 0.264 e. The zero-order valence-corrected chi connectivity index (χ0v) is 27.1. The van der Waals surface area contributed by atoms with Crippen molar-refractivity contribution in [1.82, 2.24) is 10.2 Å². The number of hydrogen-bond donors (Lipinski definition) is 1. The minimum Gasteiger partial charge on any atom is -0.354 e. The maximum atomic E-state index is 14.2. The molecule has 3 aromatic carbocycles. The van der Waals surface area contributed by atoms with Gasteiger partial charge in [-0.25, -0.2) is 8.42 Å². The van der Waals surface area contributed by atoms with E-state index in [1.165, 1.54) is 17.0 Å². The van der Waals surface area contributed by atoms with Crippen molar-refractivity contribution in [3.05, 3.63) is 93.0 Å². The van der Waals surface area contributed by atoms with Gasteiger partial charge in [-0.1, -0.05) is 79.4 Å². The summed E-state index contributed by atoms with van der Waals surface area (Å²) in [7, 11) is -4.15. The van der Waals surface area contributed by atoms with E-state index in [-0.39, 0.29) is 17.3 Å². The van der Waals surface area contributed by atoms with Crippen LogP contribution in [0.3, 0.4) is 0 Å². The van der Waals surface area contributed by atoms with Gasteiger partial charge in [0.15, 0.2) is 0 Å². The lowest BCUT2D eigenvalue weighted by Gasteiger charge is -2.33. The number of benzene rings is 3. The summed E-state index contributed by atoms with van der Waals surface area (Å²) >= 11 is 12.4. The number of rotatable bonds is 13. The van der Waals surface area contributed by atoms with Crippen LogP contribution in [0.1, 0.15) is 55.4 Å². The summed E-state index contributed by atoms with van der Waals surface area (Å²) in [6.45, 7) is 9.47. The Kier molecular flexibility index (Phi) is 11.9. The normalized spacial score (nSPS) is 12.1. The van der Waals surface area contributed by atoms with E-state index < -0.39 is 28.5 Å². The van der Waals surface area contributed by atoms with Crippen LogP contribution in [0.25, 0.3) is 0 Å². The van der Waals surface area contributed by atoms with Crippen LogP contribution in [-0.4, -0.2) is 44.3 Å². The standard InChI is InChI=1S/C32H39Cl2N3O4S/c1-6-8-18-35-32(39)29(7-2)36(20-25-14-17-27(33)28(34)19-25)31(38)21-37(30-11-9-10-23(4)24(30)5)42(40,41)26-15-12-22(3)13-16-26/h9-17,19,29H,6-8,18,20-21H2,1-5H3,(H,35,39)/t29-/m0/s1. The van der Waals surface area contributed by atoms with Gasteiger partial charge >= 0.3 is 0 Å². The van der Waals surface area contributed by atoms with Gasteiger partial charge in [-0.2, -0.15) is 0 Å². The second-order valence-corrected chi connectivity index (χ2v) is 13.1. The Hall–Kier alpha value is -3.07. The summed E-state index contributed by atoms with van der Waals surface area (Å²) in [5, 5.41) is 3.62. The molecule has 0 aromatic heterocycles. The molecule has 0 spiro atoms. The Bertz CT molecular complexity index is 1510. The van der Waals surface area contributed by atoms with E-state index in [0.29, 0.717) is 34.3 Å². The number of nitrogens with one attached hydrogen (secondary N) is 1. The molecule has 0 saturated heterocycles. The highest BCUT2D eigenvalue weighted by atomic mass is 35.5. The highest BCUT2D eigenvalue weighted by molar-refractivity contribution is 7.92. The van der Waals surface area contributed by atoms with Crippen molar-refractivity contribution in [3.8, 4) is 0 Å². The number of hydrogen-bond acceptors (Lipinski definition) is 4. The van der Waals surface area contributed by atoms with Crippen LogP contribution in [0.4, 0.5) is 5.69 Å². The van der Waals surface area contributed by atoms with Gasteiger partial charge in [-0.3, -0.25) is 13.9 Å². The lowest BCUT2D eigenvalue weighted by atomic mass is 10.1. The van der Waals surface area contributed by atoms with Crippen LogP contribution in [0, 0.1) is 20.8 Å². The van der Waals surface area contributed by atoms with Gasteiger partial charge in [-0.15, -0.1) is 0 Å². The molecule has 0 saturated carbocycles. The largest absolute Gasteiger partial charge is 0.354 e. The molecule has 42 heavy (non-hydrogen) atoms. The first kappa shape index (κ1) is 33.4. The molecule has 7 nitrogen and oxygen atoms in total. The second kappa shape index (κ2) is 14.9. The van der Waals surface area contributed by atoms with Crippen molar-refractivity contribution >= 4 is 50.7 Å². The predicted octanol–water partition coefficient (Wildman–Crippen LogP) is 6.84. The van der Waals surface area contributed by atoms with Crippen LogP contribution >= 0.6 is 23.2 Å². The van der Waals surface area contributed by atoms with E-state index in [1.54, 1.807) is 42.5 Å². The van der Waals surface area contributed by atoms with Crippen molar-refractivity contribution in [3.63, 3.8) is 0 Å². The Morgan fingerprint density at radius 1 is 0.929 bits per heavy atom. The molecule has 1 N–H and O–H groups in total. The van der Waals surface area contributed by atoms with Crippen molar-refractivity contribution in [1.29, 1.82) is 0 Å². The molecule has 2 amide bonds. The van der Waals surface area contributed by atoms with Gasteiger partial charge in [0.1, 0.15) is 12.6 Å². The molecule has 0 aliphatic carbocycles. The highest BCUT2D eigenvalue weighted by Gasteiger charge is 2.34. The summed E-state index contributed by atoms with van der Waals surface area (Å²) in [5.74, 6) is -0.811. The summed E-state index contributed by atoms with van der Waals surface area (Å²) in [4.78, 5) is 29.1. The average molecular weight is 633 g/mol. The first-order valence-electron chi connectivity index (χ1n) is 14.1. The van der Waals surface area contributed by atoms with Crippen LogP contribution in [0.5, 0.6) is 0 Å². The molecule has 0 heterocycles. The van der Waals surface area contributed by atoms with Crippen LogP contribution in [0.15, 0.2) is 65.6 Å². The fraction of sp³-hybridized carbons (Fsp3) is 0.375. The summed E-state index contributed by atoms with van der Waals surface area (Å²) in [6, 6.07) is 16.1. The third kappa shape index (κ3) is 8.06. The number of carbonyl (C=O) groups excluding carboxylic acids is 2. The van der Waals surface area contributed by atoms with Crippen molar-refractivity contribution in [2.45, 2.75) is 71.4 Å². The van der Waals surface area contributed by atoms with E-state index in [9.17, 15) is 18.0 Å². The fourth-order valence-electron chi connectivity index (χ4n) is 4.62. The SMILES string of the molecule is CCCCNC(=O)[C@H](CC)N(Cc1ccc(Cl)c(Cl)c1)C(=O)CN(c1cccc(C)c1C)S(=O)(=O)c1ccc(C)cc1. The van der Waals surface area contributed by atoms with Crippen molar-refractivity contribution in [2.75, 3.05) is 17.4 Å². The molecule has 10 heteroatoms. The molecule has 0 bridgehead atoms. The number of halogens is 2. The molecule has 0 aliphatic heterocycles. The molecular formula is C32H39Cl2N3O4S. The Morgan fingerprint density at radius 3 is 2.24 bits per heavy atom. The molecule has 0 aliphatic rings. The van der Waals surface area contributed by atoms with Gasteiger partial charge < -0.3 is 10.2 Å². The third-order valence-corrected chi connectivity index (χ3v) is 9.80. The number of unbranched alkanes of at least 4 members (excludes halogenated alkanes) is 1. The lowest BCUT2D eigenvalue weighted by Crippen LogP contribution is -2.52. The second-order valence-electron chi connectivity index (χ2n) is 10.4. The third-order valence-electron chi connectivity index (χ3n) is 7.28. The van der Waals surface area contributed by atoms with Crippen LogP contribution in [-0.2, 0) is 26.2 Å². The fourth-order valence-corrected chi connectivity index (χ4v) is 6.41. The first-order valence-corrected chi connectivity index (χ1v) is 16.3. The van der Waals surface area contributed by atoms with Gasteiger partial charge in [0.05, 0.1) is 20.6 Å². The predicted molar refractivity (Wildman–Crippen MR) is 171 cm³/mol. The Balaban J connectivity index is 2.09. The minimum atomic E-state index is -4.15. The molecule has 1 atom stereocenters. The maximum absolute atomic E-state index is 14.2. The lowest BCUT2D eigenvalue weighted by molar-refractivity contribution is -0.140. The van der Waals surface area contributed by atoms with Gasteiger partial charge in [0.25, 0.3) is 10.0 Å². The molecule has 226 valence electrons. The van der Waals surface area contributed by atoms with Crippen LogP contribution in [0.2, 0.25) is 10.0 Å². The first-order chi connectivity index (χ1) is 19.9. The summed E-state index contributed by atoms with van der Waals surface area (Å²) < 4.78 is 29.3. The molecule has 3 aromatic rings. The summed E-state index contributed by atoms with van der Waals surface area (Å²) in [5.41, 5.74) is 3.60. The van der Waals surface area contributed by atoms with E-state index in [1.807, 2.05) is 40.7 Å². The van der Waals surface area contributed by atoms with Gasteiger partial charge in [0.2, 0.25) is 11.8 Å². The zero-order valence-electron chi connectivity index (χ0n) is 24.8. The molecule has 3 rings (SSSR count). The van der Waals surface area contributed by atoms with Crippen LogP contribution < -0.4 is 9.62 Å². The molecular weight excluding hydrogens is 593 g/mol. The number of amides is 2. The number of sulfonamides is 1. The van der Waals surface area contributed by atoms with Gasteiger partial charge in [-0.05, 0) is 80.6 Å². The van der Waals surface area contributed by atoms with E-state index in [0.717, 1.165) is 33.8 Å². The van der Waals surface area contributed by atoms with Crippen molar-refractivity contribution in [2.24, 2.45) is 0 Å². The topological polar surface area (TPSA) is 86.8 Å². The number of anilines is 1. The Labute approximate surface area is 259 Å². The quantitative estimate of drug-likeness (QED) is 0.209. The molecule has 0 unspecified atom stereocenters. The number of carbonyl (C=O) groups is 2. The van der Waals surface area contributed by atoms with Crippen molar-refractivity contribution < 1.29 is 18.0 Å². The highest BCUT2D eigenvalue weighted by Crippen LogP contribution is 2.30. The minimum absolute atomic E-state index is 0.0423. The zero-order chi connectivity index (χ0) is 31.0.